The molecular weight excluding hydrogens is 296 g/mol. The van der Waals surface area contributed by atoms with Crippen molar-refractivity contribution in [2.45, 2.75) is 38.0 Å². The van der Waals surface area contributed by atoms with Crippen molar-refractivity contribution in [2.24, 2.45) is 4.99 Å². The second-order valence-electron chi connectivity index (χ2n) is 6.31. The molecular formula is C20H18N4. The van der Waals surface area contributed by atoms with Crippen molar-refractivity contribution in [2.75, 3.05) is 0 Å². The lowest BCUT2D eigenvalue weighted by Crippen LogP contribution is -2.17. The van der Waals surface area contributed by atoms with Crippen LogP contribution < -0.4 is 0 Å². The zero-order chi connectivity index (χ0) is 16.4. The van der Waals surface area contributed by atoms with Crippen LogP contribution in [0.5, 0.6) is 0 Å². The van der Waals surface area contributed by atoms with Crippen LogP contribution in [-0.4, -0.2) is 15.7 Å². The van der Waals surface area contributed by atoms with Crippen LogP contribution in [0.2, 0.25) is 0 Å². The molecule has 1 atom stereocenters. The first-order chi connectivity index (χ1) is 11.8. The van der Waals surface area contributed by atoms with Gasteiger partial charge in [0.15, 0.2) is 0 Å². The third kappa shape index (κ3) is 2.74. The predicted octanol–water partition coefficient (Wildman–Crippen LogP) is 4.15. The minimum absolute atomic E-state index is 0.284. The van der Waals surface area contributed by atoms with E-state index in [0.29, 0.717) is 5.56 Å². The first kappa shape index (κ1) is 14.8. The number of aliphatic imine (C=N–C) groups is 1. The quantitative estimate of drug-likeness (QED) is 0.836. The molecule has 2 aliphatic rings. The van der Waals surface area contributed by atoms with Crippen molar-refractivity contribution in [1.29, 1.82) is 5.26 Å². The number of nitriles is 1. The van der Waals surface area contributed by atoms with E-state index in [1.165, 1.54) is 11.3 Å². The van der Waals surface area contributed by atoms with E-state index in [4.69, 9.17) is 4.99 Å². The van der Waals surface area contributed by atoms with Crippen molar-refractivity contribution in [3.63, 3.8) is 0 Å². The fraction of sp³-hybridized carbons (Fsp3) is 0.300. The summed E-state index contributed by atoms with van der Waals surface area (Å²) in [6.07, 6.45) is 8.62. The Kier molecular flexibility index (Phi) is 3.92. The van der Waals surface area contributed by atoms with Gasteiger partial charge >= 0.3 is 0 Å². The Labute approximate surface area is 141 Å². The summed E-state index contributed by atoms with van der Waals surface area (Å²) in [4.78, 5) is 13.8. The maximum atomic E-state index is 9.33. The van der Waals surface area contributed by atoms with Crippen LogP contribution in [0, 0.1) is 11.3 Å². The lowest BCUT2D eigenvalue weighted by atomic mass is 9.81. The van der Waals surface area contributed by atoms with Gasteiger partial charge < -0.3 is 0 Å². The molecule has 0 N–H and O–H groups in total. The molecule has 0 fully saturated rings. The Balaban J connectivity index is 1.63. The van der Waals surface area contributed by atoms with Gasteiger partial charge in [-0.05, 0) is 61.9 Å². The zero-order valence-corrected chi connectivity index (χ0v) is 13.4. The van der Waals surface area contributed by atoms with E-state index >= 15 is 0 Å². The first-order valence-corrected chi connectivity index (χ1v) is 8.40. The van der Waals surface area contributed by atoms with Gasteiger partial charge in [-0.15, -0.1) is 0 Å². The third-order valence-corrected chi connectivity index (χ3v) is 4.88. The third-order valence-electron chi connectivity index (χ3n) is 4.88. The summed E-state index contributed by atoms with van der Waals surface area (Å²) in [6.45, 7) is 0. The van der Waals surface area contributed by atoms with Crippen LogP contribution in [0.25, 0.3) is 0 Å². The van der Waals surface area contributed by atoms with Crippen molar-refractivity contribution in [1.82, 2.24) is 9.97 Å². The molecule has 0 spiro atoms. The first-order valence-electron chi connectivity index (χ1n) is 8.40. The van der Waals surface area contributed by atoms with Gasteiger partial charge in [-0.1, -0.05) is 6.07 Å². The van der Waals surface area contributed by atoms with Crippen LogP contribution >= 0.6 is 0 Å². The summed E-state index contributed by atoms with van der Waals surface area (Å²) in [5.74, 6) is 0.284. The van der Waals surface area contributed by atoms with Crippen LogP contribution in [0.4, 0.5) is 0 Å². The number of nitrogens with zero attached hydrogens (tertiary/aromatic N) is 4. The Hall–Kier alpha value is -2.80. The minimum Gasteiger partial charge on any atom is -0.260 e. The molecule has 0 bridgehead atoms. The summed E-state index contributed by atoms with van der Waals surface area (Å²) < 4.78 is 0. The predicted molar refractivity (Wildman–Crippen MR) is 92.6 cm³/mol. The highest BCUT2D eigenvalue weighted by atomic mass is 14.8. The number of pyridine rings is 2. The molecule has 0 saturated carbocycles. The van der Waals surface area contributed by atoms with Crippen molar-refractivity contribution >= 4 is 5.71 Å². The number of rotatable bonds is 2. The Morgan fingerprint density at radius 2 is 1.92 bits per heavy atom. The molecule has 3 heterocycles. The summed E-state index contributed by atoms with van der Waals surface area (Å²) in [7, 11) is 0. The Morgan fingerprint density at radius 1 is 1.00 bits per heavy atom. The second-order valence-corrected chi connectivity index (χ2v) is 6.31. The standard InChI is InChI=1S/C20H18N4/c21-13-16-4-3-11-23-20(16)15-7-6-14-8-9-18(24-19(14)12-15)17-5-1-2-10-22-17/h1-5,10-11,15H,6-9,12H2. The Bertz CT molecular complexity index is 859. The van der Waals surface area contributed by atoms with Crippen LogP contribution in [0.3, 0.4) is 0 Å². The maximum absolute atomic E-state index is 9.33. The molecule has 4 rings (SSSR count). The smallest absolute Gasteiger partial charge is 0.101 e. The van der Waals surface area contributed by atoms with E-state index in [0.717, 1.165) is 49.2 Å². The number of hydrogen-bond acceptors (Lipinski definition) is 4. The summed E-state index contributed by atoms with van der Waals surface area (Å²) in [5, 5.41) is 9.33. The average molecular weight is 314 g/mol. The highest BCUT2D eigenvalue weighted by Gasteiger charge is 2.27. The fourth-order valence-corrected chi connectivity index (χ4v) is 3.64. The highest BCUT2D eigenvalue weighted by molar-refractivity contribution is 6.00. The average Bonchev–Trinajstić information content (AvgIpc) is 2.67. The highest BCUT2D eigenvalue weighted by Crippen LogP contribution is 2.40. The van der Waals surface area contributed by atoms with Gasteiger partial charge in [0.1, 0.15) is 6.07 Å². The van der Waals surface area contributed by atoms with Gasteiger partial charge in [0.05, 0.1) is 22.7 Å². The maximum Gasteiger partial charge on any atom is 0.101 e. The van der Waals surface area contributed by atoms with Crippen LogP contribution in [-0.2, 0) is 0 Å². The molecule has 118 valence electrons. The van der Waals surface area contributed by atoms with Crippen molar-refractivity contribution < 1.29 is 0 Å². The largest absolute Gasteiger partial charge is 0.260 e. The summed E-state index contributed by atoms with van der Waals surface area (Å²) in [5.41, 5.74) is 6.33. The summed E-state index contributed by atoms with van der Waals surface area (Å²) in [6, 6.07) is 11.9. The van der Waals surface area contributed by atoms with E-state index in [2.05, 4.69) is 16.0 Å². The number of hydrogen-bond donors (Lipinski definition) is 0. The van der Waals surface area contributed by atoms with Crippen molar-refractivity contribution in [3.8, 4) is 6.07 Å². The van der Waals surface area contributed by atoms with Gasteiger partial charge in [-0.25, -0.2) is 0 Å². The van der Waals surface area contributed by atoms with E-state index in [-0.39, 0.29) is 5.92 Å². The SMILES string of the molecule is N#Cc1cccnc1C1CCC2=C(C1)N=C(c1ccccn1)CC2. The molecule has 0 saturated heterocycles. The van der Waals surface area contributed by atoms with Gasteiger partial charge in [-0.3, -0.25) is 15.0 Å². The van der Waals surface area contributed by atoms with Gasteiger partial charge in [0.25, 0.3) is 0 Å². The molecule has 1 aliphatic carbocycles. The second kappa shape index (κ2) is 6.37. The molecule has 1 aliphatic heterocycles. The molecule has 24 heavy (non-hydrogen) atoms. The molecule has 4 heteroatoms. The minimum atomic E-state index is 0.284. The number of allylic oxidation sites excluding steroid dienone is 2. The lowest BCUT2D eigenvalue weighted by molar-refractivity contribution is 0.544. The van der Waals surface area contributed by atoms with E-state index in [1.54, 1.807) is 6.20 Å². The van der Waals surface area contributed by atoms with Crippen LogP contribution in [0.15, 0.2) is 59.0 Å². The molecule has 2 aromatic heterocycles. The van der Waals surface area contributed by atoms with E-state index in [9.17, 15) is 5.26 Å². The monoisotopic (exact) mass is 314 g/mol. The molecule has 0 radical (unpaired) electrons. The topological polar surface area (TPSA) is 61.9 Å². The number of aromatic nitrogens is 2. The van der Waals surface area contributed by atoms with Gasteiger partial charge in [0, 0.05) is 24.0 Å². The molecule has 0 aromatic carbocycles. The van der Waals surface area contributed by atoms with Crippen molar-refractivity contribution in [3.05, 3.63) is 70.9 Å². The van der Waals surface area contributed by atoms with E-state index < -0.39 is 0 Å². The Morgan fingerprint density at radius 3 is 2.75 bits per heavy atom. The lowest BCUT2D eigenvalue weighted by Gasteiger charge is -2.28. The van der Waals surface area contributed by atoms with Crippen LogP contribution in [0.1, 0.15) is 55.0 Å². The normalized spacial score (nSPS) is 20.1. The summed E-state index contributed by atoms with van der Waals surface area (Å²) >= 11 is 0. The van der Waals surface area contributed by atoms with Gasteiger partial charge in [-0.2, -0.15) is 5.26 Å². The molecule has 4 nitrogen and oxygen atoms in total. The van der Waals surface area contributed by atoms with E-state index in [1.807, 2.05) is 36.5 Å². The fourth-order valence-electron chi connectivity index (χ4n) is 3.64. The van der Waals surface area contributed by atoms with Gasteiger partial charge in [0.2, 0.25) is 0 Å². The molecule has 2 aromatic rings. The molecule has 1 unspecified atom stereocenters. The zero-order valence-electron chi connectivity index (χ0n) is 13.4. The molecule has 0 amide bonds.